The number of amidine groups is 1. The van der Waals surface area contributed by atoms with Gasteiger partial charge >= 0.3 is 6.18 Å². The number of likely N-dealkylation sites (tertiary alicyclic amines) is 1. The van der Waals surface area contributed by atoms with Gasteiger partial charge in [-0.3, -0.25) is 19.2 Å². The quantitative estimate of drug-likeness (QED) is 0.463. The van der Waals surface area contributed by atoms with Gasteiger partial charge < -0.3 is 10.6 Å². The first-order chi connectivity index (χ1) is 18.5. The molecule has 3 heterocycles. The average Bonchev–Trinajstić information content (AvgIpc) is 3.58. The van der Waals surface area contributed by atoms with E-state index in [9.17, 15) is 22.8 Å². The van der Waals surface area contributed by atoms with Crippen LogP contribution in [0.15, 0.2) is 52.5 Å². The summed E-state index contributed by atoms with van der Waals surface area (Å²) in [7, 11) is 1.89. The molecule has 2 amide bonds. The Hall–Kier alpha value is -3.64. The highest BCUT2D eigenvalue weighted by Crippen LogP contribution is 2.34. The van der Waals surface area contributed by atoms with Crippen LogP contribution < -0.4 is 5.73 Å². The molecule has 2 aliphatic heterocycles. The summed E-state index contributed by atoms with van der Waals surface area (Å²) in [5, 5.41) is 5.67. The van der Waals surface area contributed by atoms with E-state index in [-0.39, 0.29) is 36.5 Å². The van der Waals surface area contributed by atoms with Crippen molar-refractivity contribution in [2.45, 2.75) is 32.1 Å². The Kier molecular flexibility index (Phi) is 7.25. The van der Waals surface area contributed by atoms with E-state index in [0.29, 0.717) is 27.7 Å². The van der Waals surface area contributed by atoms with Crippen LogP contribution >= 0.6 is 11.8 Å². The normalized spacial score (nSPS) is 19.3. The number of fused-ring (bicyclic) bond motifs is 1. The van der Waals surface area contributed by atoms with E-state index >= 15 is 0 Å². The number of halogens is 3. The Morgan fingerprint density at radius 2 is 2.05 bits per heavy atom. The summed E-state index contributed by atoms with van der Waals surface area (Å²) < 4.78 is 42.3. The topological polar surface area (TPSA) is 96.8 Å². The Balaban J connectivity index is 1.30. The number of nitrogens with zero attached hydrogens (tertiary/aromatic N) is 5. The van der Waals surface area contributed by atoms with Gasteiger partial charge in [-0.05, 0) is 60.5 Å². The SMILES string of the molecule is Cc1ccc(Cn2ncc3cc(/C=C4\SC(N(C)[C@@H]5CCN(CC(N)=O)C5)=NC4=O)ccc32)c(C(F)(F)F)c1. The number of alkyl halides is 3. The van der Waals surface area contributed by atoms with Gasteiger partial charge in [0.2, 0.25) is 5.91 Å². The van der Waals surface area contributed by atoms with E-state index in [1.807, 2.05) is 29.0 Å². The van der Waals surface area contributed by atoms with Crippen molar-refractivity contribution in [2.24, 2.45) is 10.7 Å². The average molecular weight is 557 g/mol. The zero-order valence-corrected chi connectivity index (χ0v) is 22.2. The number of aromatic nitrogens is 2. The lowest BCUT2D eigenvalue weighted by atomic mass is 10.0. The third-order valence-corrected chi connectivity index (χ3v) is 8.01. The number of amides is 2. The molecule has 0 saturated carbocycles. The maximum Gasteiger partial charge on any atom is 0.416 e. The Morgan fingerprint density at radius 3 is 2.79 bits per heavy atom. The fourth-order valence-electron chi connectivity index (χ4n) is 4.92. The van der Waals surface area contributed by atoms with E-state index < -0.39 is 11.7 Å². The van der Waals surface area contributed by atoms with E-state index in [2.05, 4.69) is 10.1 Å². The number of benzene rings is 2. The third-order valence-electron chi connectivity index (χ3n) is 6.94. The van der Waals surface area contributed by atoms with Crippen molar-refractivity contribution in [3.8, 4) is 0 Å². The van der Waals surface area contributed by atoms with E-state index in [0.717, 1.165) is 30.0 Å². The lowest BCUT2D eigenvalue weighted by Gasteiger charge is -2.25. The van der Waals surface area contributed by atoms with Crippen molar-refractivity contribution in [2.75, 3.05) is 26.7 Å². The van der Waals surface area contributed by atoms with Gasteiger partial charge in [0.15, 0.2) is 5.17 Å². The second kappa shape index (κ2) is 10.5. The van der Waals surface area contributed by atoms with Crippen molar-refractivity contribution in [3.05, 3.63) is 69.8 Å². The zero-order valence-electron chi connectivity index (χ0n) is 21.4. The molecular weight excluding hydrogens is 529 g/mol. The van der Waals surface area contributed by atoms with Gasteiger partial charge in [0.1, 0.15) is 0 Å². The molecule has 1 fully saturated rings. The van der Waals surface area contributed by atoms with Gasteiger partial charge in [-0.1, -0.05) is 23.8 Å². The number of aliphatic imine (C=N–C) groups is 1. The summed E-state index contributed by atoms with van der Waals surface area (Å²) in [6.45, 7) is 3.24. The number of carbonyl (C=O) groups is 2. The highest BCUT2D eigenvalue weighted by Gasteiger charge is 2.34. The molecule has 39 heavy (non-hydrogen) atoms. The molecule has 12 heteroatoms. The van der Waals surface area contributed by atoms with E-state index in [1.54, 1.807) is 36.0 Å². The lowest BCUT2D eigenvalue weighted by molar-refractivity contribution is -0.138. The van der Waals surface area contributed by atoms with Crippen molar-refractivity contribution in [1.82, 2.24) is 19.6 Å². The van der Waals surface area contributed by atoms with Crippen molar-refractivity contribution in [1.29, 1.82) is 0 Å². The predicted octanol–water partition coefficient (Wildman–Crippen LogP) is 3.87. The van der Waals surface area contributed by atoms with Crippen LogP contribution in [-0.2, 0) is 22.3 Å². The summed E-state index contributed by atoms with van der Waals surface area (Å²) in [5.74, 6) is -0.696. The molecule has 5 rings (SSSR count). The second-order valence-corrected chi connectivity index (χ2v) is 10.9. The minimum absolute atomic E-state index is 0.0189. The highest BCUT2D eigenvalue weighted by molar-refractivity contribution is 8.18. The molecule has 0 unspecified atom stereocenters. The molecule has 2 aliphatic rings. The van der Waals surface area contributed by atoms with Gasteiger partial charge in [0.25, 0.3) is 5.91 Å². The van der Waals surface area contributed by atoms with Crippen LogP contribution in [0.25, 0.3) is 17.0 Å². The fourth-order valence-corrected chi connectivity index (χ4v) is 5.87. The molecule has 0 spiro atoms. The van der Waals surface area contributed by atoms with Crippen LogP contribution in [0.5, 0.6) is 0 Å². The smallest absolute Gasteiger partial charge is 0.369 e. The predicted molar refractivity (Wildman–Crippen MR) is 145 cm³/mol. The van der Waals surface area contributed by atoms with E-state index in [4.69, 9.17) is 5.73 Å². The standard InChI is InChI=1S/C27H27F3N6O2S/c1-16-3-5-18(21(9-16)27(28,29)30)13-36-22-6-4-17(10-19(22)12-32-36)11-23-25(38)33-26(39-23)34(2)20-7-8-35(14-20)15-24(31)37/h3-6,9-12,20H,7-8,13-15H2,1-2H3,(H2,31,37)/b23-11-/t20-/m1/s1. The van der Waals surface area contributed by atoms with Crippen molar-refractivity contribution < 1.29 is 22.8 Å². The van der Waals surface area contributed by atoms with Crippen LogP contribution in [0.4, 0.5) is 13.2 Å². The summed E-state index contributed by atoms with van der Waals surface area (Å²) in [5.41, 5.74) is 6.78. The zero-order chi connectivity index (χ0) is 27.9. The second-order valence-electron chi connectivity index (χ2n) is 9.84. The van der Waals surface area contributed by atoms with Gasteiger partial charge in [-0.25, -0.2) is 0 Å². The molecule has 2 aromatic carbocycles. The number of thioether (sulfide) groups is 1. The van der Waals surface area contributed by atoms with Gasteiger partial charge in [-0.2, -0.15) is 23.3 Å². The number of hydrogen-bond donors (Lipinski definition) is 1. The number of nitrogens with two attached hydrogens (primary N) is 1. The van der Waals surface area contributed by atoms with Gasteiger partial charge in [0.05, 0.1) is 35.3 Å². The Morgan fingerprint density at radius 1 is 1.26 bits per heavy atom. The van der Waals surface area contributed by atoms with Gasteiger partial charge in [-0.15, -0.1) is 0 Å². The van der Waals surface area contributed by atoms with Crippen LogP contribution in [-0.4, -0.2) is 69.3 Å². The summed E-state index contributed by atoms with van der Waals surface area (Å²) >= 11 is 1.29. The van der Waals surface area contributed by atoms with Crippen molar-refractivity contribution in [3.63, 3.8) is 0 Å². The molecule has 8 nitrogen and oxygen atoms in total. The summed E-state index contributed by atoms with van der Waals surface area (Å²) in [6.07, 6.45) is -0.255. The molecule has 1 saturated heterocycles. The Labute approximate surface area is 227 Å². The number of aryl methyl sites for hydroxylation is 1. The first-order valence-corrected chi connectivity index (χ1v) is 13.2. The van der Waals surface area contributed by atoms with Crippen LogP contribution in [0.3, 0.4) is 0 Å². The summed E-state index contributed by atoms with van der Waals surface area (Å²) in [6, 6.07) is 9.87. The molecule has 0 radical (unpaired) electrons. The molecule has 2 N–H and O–H groups in total. The molecule has 3 aromatic rings. The number of likely N-dealkylation sites (N-methyl/N-ethyl adjacent to an activating group) is 1. The number of carbonyl (C=O) groups excluding carboxylic acids is 2. The van der Waals surface area contributed by atoms with Crippen molar-refractivity contribution >= 4 is 45.7 Å². The molecule has 0 aliphatic carbocycles. The molecule has 1 aromatic heterocycles. The summed E-state index contributed by atoms with van der Waals surface area (Å²) in [4.78, 5) is 32.5. The van der Waals surface area contributed by atoms with Gasteiger partial charge in [0, 0.05) is 31.6 Å². The number of primary amides is 1. The maximum absolute atomic E-state index is 13.6. The van der Waals surface area contributed by atoms with Crippen LogP contribution in [0, 0.1) is 6.92 Å². The van der Waals surface area contributed by atoms with Crippen LogP contribution in [0.2, 0.25) is 0 Å². The lowest BCUT2D eigenvalue weighted by Crippen LogP contribution is -2.39. The Bertz CT molecular complexity index is 1510. The third kappa shape index (κ3) is 5.86. The number of rotatable bonds is 6. The molecular formula is C27H27F3N6O2S. The number of hydrogen-bond acceptors (Lipinski definition) is 6. The maximum atomic E-state index is 13.6. The molecule has 0 bridgehead atoms. The fraction of sp³-hybridized carbons (Fsp3) is 0.333. The first kappa shape index (κ1) is 26.9. The van der Waals surface area contributed by atoms with Crippen LogP contribution in [0.1, 0.15) is 28.7 Å². The largest absolute Gasteiger partial charge is 0.416 e. The first-order valence-electron chi connectivity index (χ1n) is 12.4. The monoisotopic (exact) mass is 556 g/mol. The highest BCUT2D eigenvalue weighted by atomic mass is 32.2. The minimum Gasteiger partial charge on any atom is -0.369 e. The molecule has 1 atom stereocenters. The van der Waals surface area contributed by atoms with E-state index in [1.165, 1.54) is 17.8 Å². The molecule has 204 valence electrons. The minimum atomic E-state index is -4.45.